The van der Waals surface area contributed by atoms with Crippen molar-refractivity contribution in [3.63, 3.8) is 0 Å². The van der Waals surface area contributed by atoms with Gasteiger partial charge in [-0.25, -0.2) is 0 Å². The molecule has 8 heteroatoms. The van der Waals surface area contributed by atoms with E-state index in [2.05, 4.69) is 4.74 Å². The highest BCUT2D eigenvalue weighted by molar-refractivity contribution is 14.1. The fraction of sp³-hybridized carbons (Fsp3) is 0.308. The van der Waals surface area contributed by atoms with Crippen LogP contribution in [0.3, 0.4) is 0 Å². The second-order valence-electron chi connectivity index (χ2n) is 3.71. The van der Waals surface area contributed by atoms with Crippen LogP contribution in [0, 0.1) is 0 Å². The zero-order valence-corrected chi connectivity index (χ0v) is 13.9. The topological polar surface area (TPSA) is 44.8 Å². The molecule has 1 rings (SSSR count). The number of esters is 1. The average molecular weight is 433 g/mol. The van der Waals surface area contributed by atoms with E-state index in [4.69, 9.17) is 19.4 Å². The van der Waals surface area contributed by atoms with Gasteiger partial charge in [0.05, 0.1) is 13.0 Å². The normalized spacial score (nSPS) is 11.4. The molecule has 0 N–H and O–H groups in total. The fourth-order valence-electron chi connectivity index (χ4n) is 1.47. The summed E-state index contributed by atoms with van der Waals surface area (Å²) in [6.07, 6.45) is 1.46. The molecule has 0 fully saturated rings. The molecule has 0 amide bonds. The van der Waals surface area contributed by atoms with E-state index in [1.807, 2.05) is 0 Å². The Hall–Kier alpha value is -1.09. The summed E-state index contributed by atoms with van der Waals surface area (Å²) in [4.78, 5) is 11.3. The van der Waals surface area contributed by atoms with Gasteiger partial charge < -0.3 is 12.5 Å². The van der Waals surface area contributed by atoms with E-state index in [1.165, 1.54) is 24.3 Å². The summed E-state index contributed by atoms with van der Waals surface area (Å²) in [6.45, 7) is -0.984. The Morgan fingerprint density at radius 3 is 2.71 bits per heavy atom. The first-order valence-electron chi connectivity index (χ1n) is 5.86. The van der Waals surface area contributed by atoms with Crippen molar-refractivity contribution in [3.05, 3.63) is 34.9 Å². The molecule has 0 unspecified atom stereocenters. The molecule has 0 atom stereocenters. The van der Waals surface area contributed by atoms with E-state index in [9.17, 15) is 13.6 Å². The molecule has 1 aromatic carbocycles. The number of hydrogen-bond acceptors (Lipinski definition) is 4. The first-order valence-corrected chi connectivity index (χ1v) is 7.12. The lowest BCUT2D eigenvalue weighted by molar-refractivity contribution is -0.142. The van der Waals surface area contributed by atoms with E-state index in [0.717, 1.165) is 0 Å². The van der Waals surface area contributed by atoms with Crippen molar-refractivity contribution < 1.29 is 26.1 Å². The van der Waals surface area contributed by atoms with Crippen LogP contribution >= 0.6 is 34.6 Å². The quantitative estimate of drug-likeness (QED) is 0.359. The SMILES string of the molecule is CCOC(=O)C/C=C(\OI)c1cc(Cl)cc(OC(F)F)c1. The molecule has 0 spiro atoms. The minimum atomic E-state index is -2.95. The number of rotatable bonds is 7. The smallest absolute Gasteiger partial charge is 0.387 e. The molecule has 0 aliphatic heterocycles. The van der Waals surface area contributed by atoms with Gasteiger partial charge in [0.2, 0.25) is 0 Å². The summed E-state index contributed by atoms with van der Waals surface area (Å²) in [5.74, 6) is -0.220. The third-order valence-corrected chi connectivity index (χ3v) is 2.92. The first-order chi connectivity index (χ1) is 9.96. The standard InChI is InChI=1S/C13H12ClF2IO4/c1-2-19-12(18)4-3-11(21-17)8-5-9(14)7-10(6-8)20-13(15)16/h3,5-7,13H,2,4H2,1H3/b11-3-. The van der Waals surface area contributed by atoms with Gasteiger partial charge in [-0.15, -0.1) is 0 Å². The molecule has 21 heavy (non-hydrogen) atoms. The van der Waals surface area contributed by atoms with Gasteiger partial charge in [0.1, 0.15) is 11.5 Å². The molecular weight excluding hydrogens is 420 g/mol. The summed E-state index contributed by atoms with van der Waals surface area (Å²) in [5.41, 5.74) is 0.414. The summed E-state index contributed by atoms with van der Waals surface area (Å²) < 4.78 is 38.6. The van der Waals surface area contributed by atoms with Crippen LogP contribution in [0.15, 0.2) is 24.3 Å². The number of benzene rings is 1. The van der Waals surface area contributed by atoms with Crippen molar-refractivity contribution >= 4 is 46.3 Å². The Morgan fingerprint density at radius 2 is 2.14 bits per heavy atom. The predicted molar refractivity (Wildman–Crippen MR) is 82.4 cm³/mol. The molecule has 0 aliphatic carbocycles. The van der Waals surface area contributed by atoms with Gasteiger partial charge >= 0.3 is 12.6 Å². The Kier molecular flexibility index (Phi) is 7.73. The molecule has 0 bridgehead atoms. The maximum Gasteiger partial charge on any atom is 0.387 e. The zero-order chi connectivity index (χ0) is 15.8. The van der Waals surface area contributed by atoms with Crippen LogP contribution in [0.5, 0.6) is 5.75 Å². The molecule has 0 saturated heterocycles. The van der Waals surface area contributed by atoms with E-state index in [-0.39, 0.29) is 23.8 Å². The second-order valence-corrected chi connectivity index (χ2v) is 4.59. The van der Waals surface area contributed by atoms with Crippen LogP contribution in [0.4, 0.5) is 8.78 Å². The molecule has 1 aromatic rings. The first kappa shape index (κ1) is 18.0. The highest BCUT2D eigenvalue weighted by Gasteiger charge is 2.11. The number of halogens is 4. The number of carbonyl (C=O) groups excluding carboxylic acids is 1. The van der Waals surface area contributed by atoms with Crippen molar-refractivity contribution in [1.82, 2.24) is 0 Å². The van der Waals surface area contributed by atoms with E-state index >= 15 is 0 Å². The van der Waals surface area contributed by atoms with Gasteiger partial charge in [-0.2, -0.15) is 8.78 Å². The van der Waals surface area contributed by atoms with Crippen molar-refractivity contribution in [3.8, 4) is 5.75 Å². The maximum absolute atomic E-state index is 12.2. The Bertz CT molecular complexity index is 523. The monoisotopic (exact) mass is 432 g/mol. The largest absolute Gasteiger partial charge is 0.466 e. The summed E-state index contributed by atoms with van der Waals surface area (Å²) in [7, 11) is 0. The third-order valence-electron chi connectivity index (χ3n) is 2.22. The minimum absolute atomic E-state index is 0.0102. The van der Waals surface area contributed by atoms with Crippen LogP contribution in [-0.4, -0.2) is 19.2 Å². The van der Waals surface area contributed by atoms with Gasteiger partial charge in [-0.1, -0.05) is 11.6 Å². The molecule has 0 saturated carbocycles. The van der Waals surface area contributed by atoms with Crippen LogP contribution in [-0.2, 0) is 12.6 Å². The van der Waals surface area contributed by atoms with E-state index in [0.29, 0.717) is 11.3 Å². The second kappa shape index (κ2) is 9.04. The Labute approximate surface area is 139 Å². The van der Waals surface area contributed by atoms with Crippen molar-refractivity contribution in [2.24, 2.45) is 0 Å². The average Bonchev–Trinajstić information content (AvgIpc) is 2.38. The van der Waals surface area contributed by atoms with Gasteiger partial charge in [-0.3, -0.25) is 4.79 Å². The predicted octanol–water partition coefficient (Wildman–Crippen LogP) is 4.60. The number of ether oxygens (including phenoxy) is 2. The van der Waals surface area contributed by atoms with Crippen molar-refractivity contribution in [2.75, 3.05) is 6.61 Å². The number of hydrogen-bond donors (Lipinski definition) is 0. The summed E-state index contributed by atoms with van der Waals surface area (Å²) in [6, 6.07) is 4.11. The van der Waals surface area contributed by atoms with Crippen molar-refractivity contribution in [1.29, 1.82) is 0 Å². The Morgan fingerprint density at radius 1 is 1.43 bits per heavy atom. The van der Waals surface area contributed by atoms with Gasteiger partial charge in [0.25, 0.3) is 0 Å². The number of carbonyl (C=O) groups is 1. The lowest BCUT2D eigenvalue weighted by atomic mass is 10.1. The molecule has 0 radical (unpaired) electrons. The van der Waals surface area contributed by atoms with E-state index in [1.54, 1.807) is 29.9 Å². The van der Waals surface area contributed by atoms with Crippen LogP contribution in [0.1, 0.15) is 18.9 Å². The lowest BCUT2D eigenvalue weighted by Gasteiger charge is -2.09. The van der Waals surface area contributed by atoms with Crippen molar-refractivity contribution in [2.45, 2.75) is 20.0 Å². The Balaban J connectivity index is 2.96. The lowest BCUT2D eigenvalue weighted by Crippen LogP contribution is -2.03. The maximum atomic E-state index is 12.2. The zero-order valence-electron chi connectivity index (χ0n) is 10.9. The molecule has 0 aliphatic rings. The van der Waals surface area contributed by atoms with Crippen LogP contribution in [0.25, 0.3) is 5.76 Å². The molecule has 0 aromatic heterocycles. The van der Waals surface area contributed by atoms with Crippen LogP contribution in [0.2, 0.25) is 5.02 Å². The van der Waals surface area contributed by atoms with Gasteiger partial charge in [0.15, 0.2) is 23.0 Å². The summed E-state index contributed by atoms with van der Waals surface area (Å²) >= 11 is 7.46. The molecular formula is C13H12ClF2IO4. The molecule has 116 valence electrons. The molecule has 0 heterocycles. The third kappa shape index (κ3) is 6.47. The minimum Gasteiger partial charge on any atom is -0.466 e. The van der Waals surface area contributed by atoms with Gasteiger partial charge in [-0.05, 0) is 31.2 Å². The highest BCUT2D eigenvalue weighted by atomic mass is 127. The van der Waals surface area contributed by atoms with Gasteiger partial charge in [0, 0.05) is 10.6 Å². The summed E-state index contributed by atoms with van der Waals surface area (Å²) in [5, 5.41) is 0.207. The van der Waals surface area contributed by atoms with Crippen LogP contribution < -0.4 is 4.74 Å². The molecule has 4 nitrogen and oxygen atoms in total. The fourth-order valence-corrected chi connectivity index (χ4v) is 2.12. The highest BCUT2D eigenvalue weighted by Crippen LogP contribution is 2.28. The van der Waals surface area contributed by atoms with E-state index < -0.39 is 12.6 Å². The number of alkyl halides is 2.